The van der Waals surface area contributed by atoms with E-state index in [1.165, 1.54) is 0 Å². The van der Waals surface area contributed by atoms with Gasteiger partial charge in [0, 0.05) is 17.6 Å². The van der Waals surface area contributed by atoms with Gasteiger partial charge in [0.05, 0.1) is 12.1 Å². The molecule has 0 unspecified atom stereocenters. The summed E-state index contributed by atoms with van der Waals surface area (Å²) in [6.45, 7) is 2.99. The maximum Gasteiger partial charge on any atom is 0.336 e. The first kappa shape index (κ1) is 16.6. The Bertz CT molecular complexity index is 1230. The molecule has 4 aromatic rings. The summed E-state index contributed by atoms with van der Waals surface area (Å²) in [7, 11) is 0. The predicted octanol–water partition coefficient (Wildman–Crippen LogP) is 4.52. The van der Waals surface area contributed by atoms with Crippen LogP contribution in [0.1, 0.15) is 11.1 Å². The smallest absolute Gasteiger partial charge is 0.336 e. The minimum Gasteiger partial charge on any atom is -0.473 e. The van der Waals surface area contributed by atoms with Crippen molar-refractivity contribution in [3.05, 3.63) is 88.4 Å². The quantitative estimate of drug-likeness (QED) is 0.486. The average Bonchev–Trinajstić information content (AvgIpc) is 2.73. The number of nitrogens with zero attached hydrogens (tertiary/aromatic N) is 2. The van der Waals surface area contributed by atoms with Crippen molar-refractivity contribution in [2.24, 2.45) is 0 Å². The van der Waals surface area contributed by atoms with Gasteiger partial charge in [-0.05, 0) is 47.9 Å². The van der Waals surface area contributed by atoms with Crippen molar-refractivity contribution in [2.45, 2.75) is 13.5 Å². The molecule has 0 N–H and O–H groups in total. The summed E-state index contributed by atoms with van der Waals surface area (Å²) in [4.78, 5) is 18.8. The van der Waals surface area contributed by atoms with Crippen molar-refractivity contribution in [2.75, 3.05) is 11.6 Å². The maximum atomic E-state index is 12.3. The molecule has 0 fully saturated rings. The fourth-order valence-corrected chi connectivity index (χ4v) is 3.63. The van der Waals surface area contributed by atoms with Gasteiger partial charge in [-0.3, -0.25) is 0 Å². The van der Waals surface area contributed by atoms with E-state index in [0.717, 1.165) is 39.2 Å². The predicted molar refractivity (Wildman–Crippen MR) is 109 cm³/mol. The van der Waals surface area contributed by atoms with E-state index in [1.807, 2.05) is 66.4 Å². The second-order valence-electron chi connectivity index (χ2n) is 6.93. The number of fused-ring (bicyclic) bond motifs is 3. The van der Waals surface area contributed by atoms with Crippen molar-refractivity contribution in [3.8, 4) is 16.9 Å². The third-order valence-electron chi connectivity index (χ3n) is 5.01. The van der Waals surface area contributed by atoms with E-state index < -0.39 is 0 Å². The SMILES string of the molecule is Cc1ccnc(N2COc3ccc4c(-c5ccccc5)cc(=O)oc4c3C2)c1. The Labute approximate surface area is 161 Å². The molecule has 0 atom stereocenters. The lowest BCUT2D eigenvalue weighted by Gasteiger charge is -2.30. The first-order chi connectivity index (χ1) is 13.7. The number of ether oxygens (including phenoxy) is 1. The second-order valence-corrected chi connectivity index (χ2v) is 6.93. The van der Waals surface area contributed by atoms with Crippen LogP contribution >= 0.6 is 0 Å². The molecule has 0 saturated carbocycles. The second kappa shape index (κ2) is 6.53. The average molecular weight is 370 g/mol. The summed E-state index contributed by atoms with van der Waals surface area (Å²) in [5, 5.41) is 0.896. The normalized spacial score (nSPS) is 13.2. The standard InChI is InChI=1S/C23H18N2O3/c1-15-9-10-24-21(11-15)25-13-19-20(27-14-25)8-7-17-18(12-22(26)28-23(17)19)16-5-3-2-4-6-16/h2-12H,13-14H2,1H3. The highest BCUT2D eigenvalue weighted by Gasteiger charge is 2.23. The minimum atomic E-state index is -0.370. The Balaban J connectivity index is 1.67. The number of anilines is 1. The van der Waals surface area contributed by atoms with Crippen molar-refractivity contribution in [1.82, 2.24) is 4.98 Å². The molecule has 0 amide bonds. The molecular weight excluding hydrogens is 352 g/mol. The summed E-state index contributed by atoms with van der Waals surface area (Å²) in [5.41, 5.74) is 4.04. The van der Waals surface area contributed by atoms with Crippen LogP contribution in [0.2, 0.25) is 0 Å². The van der Waals surface area contributed by atoms with Crippen LogP contribution in [0.15, 0.2) is 76.1 Å². The minimum absolute atomic E-state index is 0.370. The van der Waals surface area contributed by atoms with Gasteiger partial charge in [0.25, 0.3) is 0 Å². The zero-order valence-corrected chi connectivity index (χ0v) is 15.4. The van der Waals surface area contributed by atoms with Gasteiger partial charge in [-0.15, -0.1) is 0 Å². The van der Waals surface area contributed by atoms with Crippen molar-refractivity contribution in [1.29, 1.82) is 0 Å². The van der Waals surface area contributed by atoms with Gasteiger partial charge in [0.15, 0.2) is 6.73 Å². The fraction of sp³-hybridized carbons (Fsp3) is 0.130. The van der Waals surface area contributed by atoms with E-state index in [0.29, 0.717) is 18.9 Å². The highest BCUT2D eigenvalue weighted by Crippen LogP contribution is 2.36. The van der Waals surface area contributed by atoms with Gasteiger partial charge in [0.2, 0.25) is 0 Å². The molecule has 0 spiro atoms. The molecule has 5 rings (SSSR count). The first-order valence-corrected chi connectivity index (χ1v) is 9.14. The van der Waals surface area contributed by atoms with Crippen LogP contribution in [-0.2, 0) is 6.54 Å². The number of hydrogen-bond donors (Lipinski definition) is 0. The van der Waals surface area contributed by atoms with Gasteiger partial charge in [0.1, 0.15) is 17.2 Å². The third-order valence-corrected chi connectivity index (χ3v) is 5.01. The summed E-state index contributed by atoms with van der Waals surface area (Å²) >= 11 is 0. The highest BCUT2D eigenvalue weighted by molar-refractivity contribution is 5.96. The molecule has 28 heavy (non-hydrogen) atoms. The van der Waals surface area contributed by atoms with Gasteiger partial charge < -0.3 is 14.1 Å². The van der Waals surface area contributed by atoms with E-state index >= 15 is 0 Å². The highest BCUT2D eigenvalue weighted by atomic mass is 16.5. The van der Waals surface area contributed by atoms with Crippen LogP contribution in [0.5, 0.6) is 5.75 Å². The Morgan fingerprint density at radius 2 is 1.89 bits per heavy atom. The topological polar surface area (TPSA) is 55.6 Å². The fourth-order valence-electron chi connectivity index (χ4n) is 3.63. The Kier molecular flexibility index (Phi) is 3.86. The monoisotopic (exact) mass is 370 g/mol. The molecule has 138 valence electrons. The van der Waals surface area contributed by atoms with Crippen LogP contribution < -0.4 is 15.3 Å². The number of benzene rings is 2. The van der Waals surface area contributed by atoms with Crippen molar-refractivity contribution < 1.29 is 9.15 Å². The largest absolute Gasteiger partial charge is 0.473 e. The number of rotatable bonds is 2. The lowest BCUT2D eigenvalue weighted by atomic mass is 9.99. The zero-order chi connectivity index (χ0) is 19.1. The Hall–Kier alpha value is -3.60. The Morgan fingerprint density at radius 1 is 1.04 bits per heavy atom. The lowest BCUT2D eigenvalue weighted by Crippen LogP contribution is -2.32. The van der Waals surface area contributed by atoms with Gasteiger partial charge in [-0.1, -0.05) is 30.3 Å². The van der Waals surface area contributed by atoms with Crippen molar-refractivity contribution in [3.63, 3.8) is 0 Å². The molecule has 0 radical (unpaired) electrons. The van der Waals surface area contributed by atoms with Gasteiger partial charge >= 0.3 is 5.63 Å². The molecule has 1 aliphatic rings. The van der Waals surface area contributed by atoms with E-state index in [1.54, 1.807) is 12.3 Å². The van der Waals surface area contributed by atoms with E-state index in [-0.39, 0.29) is 5.63 Å². The third kappa shape index (κ3) is 2.81. The first-order valence-electron chi connectivity index (χ1n) is 9.14. The van der Waals surface area contributed by atoms with Crippen molar-refractivity contribution >= 4 is 16.8 Å². The molecule has 5 heteroatoms. The van der Waals surface area contributed by atoms with Crippen LogP contribution in [0.25, 0.3) is 22.1 Å². The molecule has 2 aromatic heterocycles. The van der Waals surface area contributed by atoms with Crippen LogP contribution in [0.4, 0.5) is 5.82 Å². The van der Waals surface area contributed by atoms with E-state index in [2.05, 4.69) is 4.98 Å². The number of aryl methyl sites for hydroxylation is 1. The summed E-state index contributed by atoms with van der Waals surface area (Å²) in [6.07, 6.45) is 1.79. The maximum absolute atomic E-state index is 12.3. The van der Waals surface area contributed by atoms with Crippen LogP contribution in [0.3, 0.4) is 0 Å². The number of hydrogen-bond acceptors (Lipinski definition) is 5. The summed E-state index contributed by atoms with van der Waals surface area (Å²) in [6, 6.07) is 19.3. The molecule has 5 nitrogen and oxygen atoms in total. The number of aromatic nitrogens is 1. The molecule has 0 bridgehead atoms. The Morgan fingerprint density at radius 3 is 2.71 bits per heavy atom. The molecular formula is C23H18N2O3. The van der Waals surface area contributed by atoms with Crippen LogP contribution in [-0.4, -0.2) is 11.7 Å². The summed E-state index contributed by atoms with van der Waals surface area (Å²) < 4.78 is 11.6. The van der Waals surface area contributed by atoms with E-state index in [9.17, 15) is 4.79 Å². The lowest BCUT2D eigenvalue weighted by molar-refractivity contribution is 0.288. The van der Waals surface area contributed by atoms with Gasteiger partial charge in [-0.25, -0.2) is 9.78 Å². The molecule has 1 aliphatic heterocycles. The molecule has 0 aliphatic carbocycles. The number of pyridine rings is 1. The van der Waals surface area contributed by atoms with E-state index in [4.69, 9.17) is 9.15 Å². The van der Waals surface area contributed by atoms with Crippen LogP contribution in [0, 0.1) is 6.92 Å². The molecule has 3 heterocycles. The molecule has 0 saturated heterocycles. The van der Waals surface area contributed by atoms with Gasteiger partial charge in [-0.2, -0.15) is 0 Å². The molecule has 2 aromatic carbocycles. The summed E-state index contributed by atoms with van der Waals surface area (Å²) in [5.74, 6) is 1.58. The zero-order valence-electron chi connectivity index (χ0n) is 15.4.